The van der Waals surface area contributed by atoms with Crippen molar-refractivity contribution in [3.8, 4) is 0 Å². The molecule has 1 heteroatoms. The Kier molecular flexibility index (Phi) is 12.2. The number of methoxy groups -OCH3 is 1. The van der Waals surface area contributed by atoms with E-state index in [2.05, 4.69) is 19.1 Å². The molecule has 0 bridgehead atoms. The predicted octanol–water partition coefficient (Wildman–Crippen LogP) is 4.62. The minimum atomic E-state index is 1.20. The van der Waals surface area contributed by atoms with Gasteiger partial charge in [0.2, 0.25) is 0 Å². The molecule has 0 aromatic heterocycles. The fourth-order valence-electron chi connectivity index (χ4n) is 1.29. The summed E-state index contributed by atoms with van der Waals surface area (Å²) in [7, 11) is 1.65. The standard InChI is InChI=1S/C14H24O/c1-3-4-5-6-7-8-9-10-11-12-13-14-15-2/h9-14H,3-8H2,1-2H3/b10-9+,12-11+,14-13+. The van der Waals surface area contributed by atoms with Gasteiger partial charge in [-0.1, -0.05) is 56.9 Å². The van der Waals surface area contributed by atoms with Crippen molar-refractivity contribution in [2.24, 2.45) is 0 Å². The fraction of sp³-hybridized carbons (Fsp3) is 0.571. The SMILES string of the molecule is CCCCCCC/C=C/C=C/C=C/OC. The summed E-state index contributed by atoms with van der Waals surface area (Å²) in [6.07, 6.45) is 19.8. The molecule has 0 aromatic carbocycles. The second kappa shape index (κ2) is 13.0. The summed E-state index contributed by atoms with van der Waals surface area (Å²) in [6.45, 7) is 2.25. The van der Waals surface area contributed by atoms with E-state index in [0.29, 0.717) is 0 Å². The van der Waals surface area contributed by atoms with E-state index < -0.39 is 0 Å². The first kappa shape index (κ1) is 14.0. The average Bonchev–Trinajstić information content (AvgIpc) is 2.26. The van der Waals surface area contributed by atoms with Gasteiger partial charge in [0.05, 0.1) is 13.4 Å². The molecule has 0 N–H and O–H groups in total. The van der Waals surface area contributed by atoms with Crippen LogP contribution in [0.2, 0.25) is 0 Å². The Bertz CT molecular complexity index is 190. The molecular weight excluding hydrogens is 184 g/mol. The van der Waals surface area contributed by atoms with Crippen molar-refractivity contribution in [2.75, 3.05) is 7.11 Å². The summed E-state index contributed by atoms with van der Waals surface area (Å²) < 4.78 is 4.77. The molecule has 0 aromatic rings. The Morgan fingerprint density at radius 3 is 2.33 bits per heavy atom. The van der Waals surface area contributed by atoms with Crippen molar-refractivity contribution < 1.29 is 4.74 Å². The molecule has 0 saturated heterocycles. The second-order valence-corrected chi connectivity index (χ2v) is 3.58. The van der Waals surface area contributed by atoms with E-state index in [4.69, 9.17) is 4.74 Å². The Balaban J connectivity index is 3.23. The van der Waals surface area contributed by atoms with Crippen molar-refractivity contribution >= 4 is 0 Å². The van der Waals surface area contributed by atoms with Crippen molar-refractivity contribution in [3.05, 3.63) is 36.6 Å². The minimum Gasteiger partial charge on any atom is -0.504 e. The zero-order valence-corrected chi connectivity index (χ0v) is 10.1. The fourth-order valence-corrected chi connectivity index (χ4v) is 1.29. The number of allylic oxidation sites excluding steroid dienone is 5. The Morgan fingerprint density at radius 2 is 1.60 bits per heavy atom. The van der Waals surface area contributed by atoms with Gasteiger partial charge in [0.25, 0.3) is 0 Å². The molecule has 0 atom stereocenters. The van der Waals surface area contributed by atoms with Crippen molar-refractivity contribution in [1.29, 1.82) is 0 Å². The minimum absolute atomic E-state index is 1.20. The van der Waals surface area contributed by atoms with Gasteiger partial charge in [0.15, 0.2) is 0 Å². The first-order valence-electron chi connectivity index (χ1n) is 5.93. The highest BCUT2D eigenvalue weighted by Gasteiger charge is 1.85. The molecule has 0 saturated carbocycles. The Morgan fingerprint density at radius 1 is 0.867 bits per heavy atom. The van der Waals surface area contributed by atoms with Gasteiger partial charge in [-0.3, -0.25) is 0 Å². The average molecular weight is 208 g/mol. The molecule has 0 heterocycles. The van der Waals surface area contributed by atoms with Gasteiger partial charge < -0.3 is 4.74 Å². The summed E-state index contributed by atoms with van der Waals surface area (Å²) in [4.78, 5) is 0. The van der Waals surface area contributed by atoms with E-state index in [1.54, 1.807) is 13.4 Å². The van der Waals surface area contributed by atoms with Crippen LogP contribution in [0, 0.1) is 0 Å². The molecular formula is C14H24O. The van der Waals surface area contributed by atoms with Crippen LogP contribution in [0.3, 0.4) is 0 Å². The second-order valence-electron chi connectivity index (χ2n) is 3.58. The van der Waals surface area contributed by atoms with Crippen LogP contribution in [0.25, 0.3) is 0 Å². The number of rotatable bonds is 9. The molecule has 86 valence electrons. The van der Waals surface area contributed by atoms with Crippen molar-refractivity contribution in [2.45, 2.75) is 45.4 Å². The number of hydrogen-bond donors (Lipinski definition) is 0. The van der Waals surface area contributed by atoms with Crippen molar-refractivity contribution in [1.82, 2.24) is 0 Å². The molecule has 0 radical (unpaired) electrons. The highest BCUT2D eigenvalue weighted by atomic mass is 16.5. The lowest BCUT2D eigenvalue weighted by Crippen LogP contribution is -1.75. The number of hydrogen-bond acceptors (Lipinski definition) is 1. The molecule has 0 aliphatic carbocycles. The molecule has 0 fully saturated rings. The van der Waals surface area contributed by atoms with Gasteiger partial charge >= 0.3 is 0 Å². The zero-order valence-electron chi connectivity index (χ0n) is 10.1. The highest BCUT2D eigenvalue weighted by molar-refractivity contribution is 5.09. The topological polar surface area (TPSA) is 9.23 Å². The van der Waals surface area contributed by atoms with Crippen LogP contribution in [0.5, 0.6) is 0 Å². The maximum Gasteiger partial charge on any atom is 0.0824 e. The Hall–Kier alpha value is -0.980. The predicted molar refractivity (Wildman–Crippen MR) is 67.8 cm³/mol. The van der Waals surface area contributed by atoms with Crippen LogP contribution in [0.15, 0.2) is 36.6 Å². The van der Waals surface area contributed by atoms with Gasteiger partial charge in [0.1, 0.15) is 0 Å². The summed E-state index contributed by atoms with van der Waals surface area (Å²) in [5.41, 5.74) is 0. The molecule has 15 heavy (non-hydrogen) atoms. The van der Waals surface area contributed by atoms with E-state index in [0.717, 1.165) is 0 Å². The van der Waals surface area contributed by atoms with Gasteiger partial charge in [-0.15, -0.1) is 0 Å². The largest absolute Gasteiger partial charge is 0.504 e. The van der Waals surface area contributed by atoms with Crippen LogP contribution in [-0.2, 0) is 4.74 Å². The highest BCUT2D eigenvalue weighted by Crippen LogP contribution is 2.05. The van der Waals surface area contributed by atoms with E-state index in [1.807, 2.05) is 18.2 Å². The molecule has 0 amide bonds. The third-order valence-corrected chi connectivity index (χ3v) is 2.16. The summed E-state index contributed by atoms with van der Waals surface area (Å²) in [6, 6.07) is 0. The van der Waals surface area contributed by atoms with Gasteiger partial charge in [-0.25, -0.2) is 0 Å². The van der Waals surface area contributed by atoms with Gasteiger partial charge in [0, 0.05) is 0 Å². The van der Waals surface area contributed by atoms with E-state index in [-0.39, 0.29) is 0 Å². The normalized spacial score (nSPS) is 12.1. The lowest BCUT2D eigenvalue weighted by molar-refractivity contribution is 0.338. The third kappa shape index (κ3) is 13.0. The number of ether oxygens (including phenoxy) is 1. The summed E-state index contributed by atoms with van der Waals surface area (Å²) in [5.74, 6) is 0. The van der Waals surface area contributed by atoms with Gasteiger partial charge in [-0.05, 0) is 18.9 Å². The third-order valence-electron chi connectivity index (χ3n) is 2.16. The number of unbranched alkanes of at least 4 members (excludes halogenated alkanes) is 5. The van der Waals surface area contributed by atoms with Crippen LogP contribution in [-0.4, -0.2) is 7.11 Å². The van der Waals surface area contributed by atoms with Crippen LogP contribution in [0.1, 0.15) is 45.4 Å². The maximum absolute atomic E-state index is 4.77. The van der Waals surface area contributed by atoms with Crippen LogP contribution in [0.4, 0.5) is 0 Å². The molecule has 0 unspecified atom stereocenters. The molecule has 0 rings (SSSR count). The van der Waals surface area contributed by atoms with E-state index in [9.17, 15) is 0 Å². The zero-order chi connectivity index (χ0) is 11.2. The smallest absolute Gasteiger partial charge is 0.0824 e. The lowest BCUT2D eigenvalue weighted by atomic mass is 10.1. The molecule has 0 aliphatic heterocycles. The molecule has 0 spiro atoms. The summed E-state index contributed by atoms with van der Waals surface area (Å²) in [5, 5.41) is 0. The van der Waals surface area contributed by atoms with E-state index in [1.165, 1.54) is 38.5 Å². The molecule has 0 aliphatic rings. The quantitative estimate of drug-likeness (QED) is 0.305. The lowest BCUT2D eigenvalue weighted by Gasteiger charge is -1.95. The summed E-state index contributed by atoms with van der Waals surface area (Å²) >= 11 is 0. The van der Waals surface area contributed by atoms with E-state index >= 15 is 0 Å². The van der Waals surface area contributed by atoms with Crippen LogP contribution >= 0.6 is 0 Å². The Labute approximate surface area is 94.5 Å². The first-order valence-corrected chi connectivity index (χ1v) is 5.93. The van der Waals surface area contributed by atoms with Crippen molar-refractivity contribution in [3.63, 3.8) is 0 Å². The van der Waals surface area contributed by atoms with Crippen LogP contribution < -0.4 is 0 Å². The monoisotopic (exact) mass is 208 g/mol. The molecule has 1 nitrogen and oxygen atoms in total. The maximum atomic E-state index is 4.77. The first-order chi connectivity index (χ1) is 7.41. The van der Waals surface area contributed by atoms with Gasteiger partial charge in [-0.2, -0.15) is 0 Å².